The van der Waals surface area contributed by atoms with E-state index in [1.165, 1.54) is 12.8 Å². The molecule has 0 N–H and O–H groups in total. The Labute approximate surface area is 90.6 Å². The summed E-state index contributed by atoms with van der Waals surface area (Å²) in [5, 5.41) is 8.70. The Morgan fingerprint density at radius 2 is 2.27 bits per heavy atom. The van der Waals surface area contributed by atoms with E-state index in [1.807, 2.05) is 18.0 Å². The molecule has 0 fully saturated rings. The van der Waals surface area contributed by atoms with Crippen LogP contribution in [0.25, 0.3) is 0 Å². The number of anilines is 1. The van der Waals surface area contributed by atoms with Crippen LogP contribution in [0.15, 0.2) is 12.3 Å². The van der Waals surface area contributed by atoms with Gasteiger partial charge < -0.3 is 4.90 Å². The fourth-order valence-corrected chi connectivity index (χ4v) is 1.29. The Morgan fingerprint density at radius 1 is 1.47 bits per heavy atom. The van der Waals surface area contributed by atoms with E-state index in [1.54, 1.807) is 12.3 Å². The minimum Gasteiger partial charge on any atom is -0.344 e. The van der Waals surface area contributed by atoms with Crippen molar-refractivity contribution in [1.82, 2.24) is 9.97 Å². The lowest BCUT2D eigenvalue weighted by Crippen LogP contribution is -2.21. The van der Waals surface area contributed by atoms with E-state index in [4.69, 9.17) is 5.26 Å². The molecule has 0 amide bonds. The van der Waals surface area contributed by atoms with Gasteiger partial charge in [-0.15, -0.1) is 0 Å². The van der Waals surface area contributed by atoms with Crippen LogP contribution in [0.3, 0.4) is 0 Å². The number of aromatic nitrogens is 2. The van der Waals surface area contributed by atoms with Crippen molar-refractivity contribution >= 4 is 5.95 Å². The third-order valence-electron chi connectivity index (χ3n) is 2.20. The minimum atomic E-state index is 0.419. The van der Waals surface area contributed by atoms with Crippen molar-refractivity contribution in [1.29, 1.82) is 5.26 Å². The highest BCUT2D eigenvalue weighted by molar-refractivity contribution is 5.32. The number of nitriles is 1. The van der Waals surface area contributed by atoms with Gasteiger partial charge in [-0.1, -0.05) is 19.8 Å². The molecule has 1 rings (SSSR count). The summed E-state index contributed by atoms with van der Waals surface area (Å²) in [5.74, 6) is 0.630. The quantitative estimate of drug-likeness (QED) is 0.688. The van der Waals surface area contributed by atoms with Gasteiger partial charge in [-0.2, -0.15) is 5.26 Å². The van der Waals surface area contributed by atoms with Gasteiger partial charge in [-0.25, -0.2) is 9.97 Å². The lowest BCUT2D eigenvalue weighted by atomic mass is 10.2. The molecule has 0 saturated heterocycles. The zero-order valence-electron chi connectivity index (χ0n) is 9.27. The average molecular weight is 204 g/mol. The maximum absolute atomic E-state index is 8.70. The largest absolute Gasteiger partial charge is 0.344 e. The predicted octanol–water partition coefficient (Wildman–Crippen LogP) is 1.97. The van der Waals surface area contributed by atoms with Crippen LogP contribution in [0.1, 0.15) is 31.9 Å². The highest BCUT2D eigenvalue weighted by Gasteiger charge is 2.04. The molecule has 0 spiro atoms. The zero-order valence-corrected chi connectivity index (χ0v) is 9.27. The van der Waals surface area contributed by atoms with Crippen molar-refractivity contribution in [3.8, 4) is 6.07 Å². The normalized spacial score (nSPS) is 9.67. The highest BCUT2D eigenvalue weighted by Crippen LogP contribution is 2.06. The molecule has 0 aromatic carbocycles. The number of hydrogen-bond donors (Lipinski definition) is 0. The first-order valence-electron chi connectivity index (χ1n) is 5.22. The molecule has 4 heteroatoms. The summed E-state index contributed by atoms with van der Waals surface area (Å²) < 4.78 is 0. The Hall–Kier alpha value is -1.63. The summed E-state index contributed by atoms with van der Waals surface area (Å²) in [6.45, 7) is 3.11. The van der Waals surface area contributed by atoms with Gasteiger partial charge >= 0.3 is 0 Å². The Bertz CT molecular complexity index is 343. The van der Waals surface area contributed by atoms with Crippen molar-refractivity contribution in [2.75, 3.05) is 18.5 Å². The van der Waals surface area contributed by atoms with Crippen LogP contribution < -0.4 is 4.90 Å². The number of hydrogen-bond acceptors (Lipinski definition) is 4. The smallest absolute Gasteiger partial charge is 0.226 e. The molecule has 0 saturated carbocycles. The third kappa shape index (κ3) is 3.55. The monoisotopic (exact) mass is 204 g/mol. The van der Waals surface area contributed by atoms with Crippen LogP contribution in [0.4, 0.5) is 5.95 Å². The summed E-state index contributed by atoms with van der Waals surface area (Å²) in [7, 11) is 1.95. The molecule has 1 aromatic heterocycles. The van der Waals surface area contributed by atoms with E-state index >= 15 is 0 Å². The van der Waals surface area contributed by atoms with Crippen molar-refractivity contribution in [3.63, 3.8) is 0 Å². The first-order valence-corrected chi connectivity index (χ1v) is 5.22. The Balaban J connectivity index is 2.57. The van der Waals surface area contributed by atoms with Crippen LogP contribution in [0, 0.1) is 11.3 Å². The zero-order chi connectivity index (χ0) is 11.1. The summed E-state index contributed by atoms with van der Waals surface area (Å²) in [4.78, 5) is 10.2. The second-order valence-electron chi connectivity index (χ2n) is 3.48. The van der Waals surface area contributed by atoms with Gasteiger partial charge in [-0.3, -0.25) is 0 Å². The SMILES string of the molecule is CCCCCN(C)c1nccc(C#N)n1. The first kappa shape index (κ1) is 11.4. The molecular weight excluding hydrogens is 188 g/mol. The van der Waals surface area contributed by atoms with Gasteiger partial charge in [0.2, 0.25) is 5.95 Å². The lowest BCUT2D eigenvalue weighted by Gasteiger charge is -2.16. The fourth-order valence-electron chi connectivity index (χ4n) is 1.29. The minimum absolute atomic E-state index is 0.419. The number of rotatable bonds is 5. The highest BCUT2D eigenvalue weighted by atomic mass is 15.2. The van der Waals surface area contributed by atoms with E-state index < -0.39 is 0 Å². The van der Waals surface area contributed by atoms with E-state index in [0.717, 1.165) is 13.0 Å². The van der Waals surface area contributed by atoms with Crippen molar-refractivity contribution in [2.24, 2.45) is 0 Å². The molecule has 0 radical (unpaired) electrons. The van der Waals surface area contributed by atoms with Gasteiger partial charge in [0, 0.05) is 19.8 Å². The lowest BCUT2D eigenvalue weighted by molar-refractivity contribution is 0.696. The molecule has 0 aliphatic heterocycles. The average Bonchev–Trinajstić information content (AvgIpc) is 2.29. The first-order chi connectivity index (χ1) is 7.27. The predicted molar refractivity (Wildman–Crippen MR) is 59.5 cm³/mol. The molecular formula is C11H16N4. The summed E-state index contributed by atoms with van der Waals surface area (Å²) in [5.41, 5.74) is 0.419. The van der Waals surface area contributed by atoms with Gasteiger partial charge in [0.15, 0.2) is 0 Å². The fraction of sp³-hybridized carbons (Fsp3) is 0.545. The van der Waals surface area contributed by atoms with Crippen LogP contribution in [-0.2, 0) is 0 Å². The maximum Gasteiger partial charge on any atom is 0.226 e. The maximum atomic E-state index is 8.70. The molecule has 1 aromatic rings. The molecule has 1 heterocycles. The molecule has 0 bridgehead atoms. The summed E-state index contributed by atoms with van der Waals surface area (Å²) in [6.07, 6.45) is 5.17. The molecule has 80 valence electrons. The molecule has 15 heavy (non-hydrogen) atoms. The van der Waals surface area contributed by atoms with Crippen molar-refractivity contribution in [3.05, 3.63) is 18.0 Å². The van der Waals surface area contributed by atoms with Crippen LogP contribution in [-0.4, -0.2) is 23.6 Å². The standard InChI is InChI=1S/C11H16N4/c1-3-4-5-8-15(2)11-13-7-6-10(9-12)14-11/h6-7H,3-5,8H2,1-2H3. The van der Waals surface area contributed by atoms with E-state index in [-0.39, 0.29) is 0 Å². The Morgan fingerprint density at radius 3 is 2.93 bits per heavy atom. The van der Waals surface area contributed by atoms with Crippen molar-refractivity contribution in [2.45, 2.75) is 26.2 Å². The second-order valence-corrected chi connectivity index (χ2v) is 3.48. The topological polar surface area (TPSA) is 52.8 Å². The van der Waals surface area contributed by atoms with Crippen molar-refractivity contribution < 1.29 is 0 Å². The van der Waals surface area contributed by atoms with Gasteiger partial charge in [0.05, 0.1) is 0 Å². The summed E-state index contributed by atoms with van der Waals surface area (Å²) >= 11 is 0. The Kier molecular flexibility index (Phi) is 4.55. The van der Waals surface area contributed by atoms with Gasteiger partial charge in [0.25, 0.3) is 0 Å². The third-order valence-corrected chi connectivity index (χ3v) is 2.20. The van der Waals surface area contributed by atoms with E-state index in [9.17, 15) is 0 Å². The van der Waals surface area contributed by atoms with Crippen LogP contribution in [0.5, 0.6) is 0 Å². The molecule has 4 nitrogen and oxygen atoms in total. The van der Waals surface area contributed by atoms with Crippen LogP contribution >= 0.6 is 0 Å². The summed E-state index contributed by atoms with van der Waals surface area (Å²) in [6, 6.07) is 3.63. The molecule has 0 aliphatic rings. The second kappa shape index (κ2) is 5.97. The molecule has 0 aliphatic carbocycles. The van der Waals surface area contributed by atoms with E-state index in [0.29, 0.717) is 11.6 Å². The molecule has 0 unspecified atom stereocenters. The van der Waals surface area contributed by atoms with Crippen LogP contribution in [0.2, 0.25) is 0 Å². The van der Waals surface area contributed by atoms with Gasteiger partial charge in [-0.05, 0) is 12.5 Å². The molecule has 0 atom stereocenters. The van der Waals surface area contributed by atoms with E-state index in [2.05, 4.69) is 16.9 Å². The number of unbranched alkanes of at least 4 members (excludes halogenated alkanes) is 2. The van der Waals surface area contributed by atoms with Gasteiger partial charge in [0.1, 0.15) is 11.8 Å². The number of nitrogens with zero attached hydrogens (tertiary/aromatic N) is 4.